The molecule has 1 saturated heterocycles. The zero-order valence-corrected chi connectivity index (χ0v) is 13.3. The van der Waals surface area contributed by atoms with E-state index in [1.165, 1.54) is 11.0 Å². The Morgan fingerprint density at radius 2 is 2.39 bits per heavy atom. The van der Waals surface area contributed by atoms with Crippen molar-refractivity contribution in [2.45, 2.75) is 51.5 Å². The maximum atomic E-state index is 12.3. The van der Waals surface area contributed by atoms with Gasteiger partial charge in [-0.15, -0.1) is 5.10 Å². The molecule has 2 aromatic heterocycles. The van der Waals surface area contributed by atoms with Crippen molar-refractivity contribution in [1.29, 1.82) is 0 Å². The van der Waals surface area contributed by atoms with Crippen LogP contribution in [0.2, 0.25) is 0 Å². The van der Waals surface area contributed by atoms with Gasteiger partial charge in [0.15, 0.2) is 5.82 Å². The highest BCUT2D eigenvalue weighted by Crippen LogP contribution is 2.26. The molecular weight excluding hydrogens is 298 g/mol. The highest BCUT2D eigenvalue weighted by molar-refractivity contribution is 5.76. The van der Waals surface area contributed by atoms with Crippen molar-refractivity contribution in [3.05, 3.63) is 18.0 Å². The highest BCUT2D eigenvalue weighted by atomic mass is 16.5. The molecule has 0 aromatic carbocycles. The second kappa shape index (κ2) is 7.30. The molecule has 9 nitrogen and oxygen atoms in total. The van der Waals surface area contributed by atoms with Crippen LogP contribution in [-0.4, -0.2) is 54.2 Å². The molecule has 3 rings (SSSR count). The Morgan fingerprint density at radius 1 is 1.48 bits per heavy atom. The van der Waals surface area contributed by atoms with Crippen LogP contribution in [0.4, 0.5) is 0 Å². The Hall–Kier alpha value is -2.32. The molecular formula is C14H21N7O2. The molecule has 3 heterocycles. The number of nitrogens with zero attached hydrogens (tertiary/aromatic N) is 7. The van der Waals surface area contributed by atoms with Gasteiger partial charge < -0.3 is 9.42 Å². The van der Waals surface area contributed by atoms with Crippen LogP contribution >= 0.6 is 0 Å². The van der Waals surface area contributed by atoms with Crippen LogP contribution in [0.25, 0.3) is 0 Å². The van der Waals surface area contributed by atoms with Gasteiger partial charge in [0.1, 0.15) is 12.9 Å². The molecule has 1 aliphatic heterocycles. The van der Waals surface area contributed by atoms with Gasteiger partial charge in [-0.05, 0) is 29.7 Å². The van der Waals surface area contributed by atoms with Crippen LogP contribution in [0.15, 0.2) is 10.9 Å². The topological polar surface area (TPSA) is 103 Å². The monoisotopic (exact) mass is 319 g/mol. The summed E-state index contributed by atoms with van der Waals surface area (Å²) in [7, 11) is 0. The number of carbonyl (C=O) groups is 1. The van der Waals surface area contributed by atoms with E-state index in [4.69, 9.17) is 4.52 Å². The molecule has 1 aliphatic rings. The molecule has 2 aromatic rings. The summed E-state index contributed by atoms with van der Waals surface area (Å²) in [5.74, 6) is 1.53. The average molecular weight is 319 g/mol. The van der Waals surface area contributed by atoms with Crippen molar-refractivity contribution in [2.75, 3.05) is 13.1 Å². The number of carbonyl (C=O) groups excluding carboxylic acids is 1. The van der Waals surface area contributed by atoms with Crippen molar-refractivity contribution in [3.63, 3.8) is 0 Å². The number of aryl methyl sites for hydroxylation is 1. The number of piperidine rings is 1. The maximum Gasteiger partial charge on any atom is 0.244 e. The van der Waals surface area contributed by atoms with Crippen LogP contribution in [0, 0.1) is 0 Å². The molecule has 0 aliphatic carbocycles. The van der Waals surface area contributed by atoms with Gasteiger partial charge in [0, 0.05) is 19.5 Å². The summed E-state index contributed by atoms with van der Waals surface area (Å²) >= 11 is 0. The first-order chi connectivity index (χ1) is 11.3. The lowest BCUT2D eigenvalue weighted by atomic mass is 9.98. The van der Waals surface area contributed by atoms with E-state index in [-0.39, 0.29) is 18.4 Å². The zero-order valence-electron chi connectivity index (χ0n) is 13.3. The SMILES string of the molecule is CCCCc1noc([C@@H]2CCCN(C(=O)Cn3cnnn3)C2)n1. The number of tetrazole rings is 1. The standard InChI is InChI=1S/C14H21N7O2/c1-2-3-6-12-16-14(23-17-12)11-5-4-7-20(8-11)13(22)9-21-10-15-18-19-21/h10-11H,2-9H2,1H3/t11-/m1/s1. The third-order valence-electron chi connectivity index (χ3n) is 4.05. The van der Waals surface area contributed by atoms with Crippen LogP contribution in [0.3, 0.4) is 0 Å². The first-order valence-electron chi connectivity index (χ1n) is 8.07. The minimum absolute atomic E-state index is 0.00715. The summed E-state index contributed by atoms with van der Waals surface area (Å²) in [4.78, 5) is 18.6. The van der Waals surface area contributed by atoms with E-state index in [1.807, 2.05) is 4.90 Å². The third-order valence-corrected chi connectivity index (χ3v) is 4.05. The van der Waals surface area contributed by atoms with Gasteiger partial charge >= 0.3 is 0 Å². The number of likely N-dealkylation sites (tertiary alicyclic amines) is 1. The molecule has 0 spiro atoms. The second-order valence-electron chi connectivity index (χ2n) is 5.84. The van der Waals surface area contributed by atoms with Crippen molar-refractivity contribution < 1.29 is 9.32 Å². The first-order valence-corrected chi connectivity index (χ1v) is 8.07. The highest BCUT2D eigenvalue weighted by Gasteiger charge is 2.28. The quantitative estimate of drug-likeness (QED) is 0.776. The van der Waals surface area contributed by atoms with Crippen LogP contribution in [-0.2, 0) is 17.8 Å². The lowest BCUT2D eigenvalue weighted by Crippen LogP contribution is -2.41. The predicted molar refractivity (Wildman–Crippen MR) is 79.3 cm³/mol. The molecule has 124 valence electrons. The number of hydrogen-bond donors (Lipinski definition) is 0. The number of unbranched alkanes of at least 4 members (excludes halogenated alkanes) is 1. The van der Waals surface area contributed by atoms with E-state index in [0.29, 0.717) is 12.4 Å². The molecule has 1 fully saturated rings. The fraction of sp³-hybridized carbons (Fsp3) is 0.714. The van der Waals surface area contributed by atoms with E-state index >= 15 is 0 Å². The smallest absolute Gasteiger partial charge is 0.244 e. The lowest BCUT2D eigenvalue weighted by Gasteiger charge is -2.30. The molecule has 0 N–H and O–H groups in total. The molecule has 0 unspecified atom stereocenters. The minimum Gasteiger partial charge on any atom is -0.340 e. The maximum absolute atomic E-state index is 12.3. The van der Waals surface area contributed by atoms with Crippen molar-refractivity contribution in [1.82, 2.24) is 35.2 Å². The van der Waals surface area contributed by atoms with Gasteiger partial charge in [-0.2, -0.15) is 4.98 Å². The Morgan fingerprint density at radius 3 is 3.17 bits per heavy atom. The summed E-state index contributed by atoms with van der Waals surface area (Å²) < 4.78 is 6.83. The van der Waals surface area contributed by atoms with Crippen LogP contribution < -0.4 is 0 Å². The minimum atomic E-state index is 0.00715. The fourth-order valence-electron chi connectivity index (χ4n) is 2.77. The largest absolute Gasteiger partial charge is 0.340 e. The van der Waals surface area contributed by atoms with Gasteiger partial charge in [0.2, 0.25) is 11.8 Å². The van der Waals surface area contributed by atoms with Crippen molar-refractivity contribution in [3.8, 4) is 0 Å². The normalized spacial score (nSPS) is 18.3. The number of amides is 1. The van der Waals surface area contributed by atoms with Crippen LogP contribution in [0.5, 0.6) is 0 Å². The molecule has 1 amide bonds. The lowest BCUT2D eigenvalue weighted by molar-refractivity contribution is -0.133. The van der Waals surface area contributed by atoms with E-state index in [2.05, 4.69) is 32.6 Å². The third kappa shape index (κ3) is 3.91. The van der Waals surface area contributed by atoms with Gasteiger partial charge in [0.25, 0.3) is 0 Å². The van der Waals surface area contributed by atoms with Gasteiger partial charge in [-0.25, -0.2) is 4.68 Å². The Bertz CT molecular complexity index is 625. The Balaban J connectivity index is 1.59. The van der Waals surface area contributed by atoms with Gasteiger partial charge in [-0.3, -0.25) is 4.79 Å². The molecule has 0 bridgehead atoms. The Labute approximate surface area is 134 Å². The summed E-state index contributed by atoms with van der Waals surface area (Å²) in [5.41, 5.74) is 0. The molecule has 0 radical (unpaired) electrons. The number of hydrogen-bond acceptors (Lipinski definition) is 7. The average Bonchev–Trinajstić information content (AvgIpc) is 3.24. The van der Waals surface area contributed by atoms with Crippen LogP contribution in [0.1, 0.15) is 50.2 Å². The molecule has 1 atom stereocenters. The summed E-state index contributed by atoms with van der Waals surface area (Å²) in [6.07, 6.45) is 6.34. The van der Waals surface area contributed by atoms with E-state index in [1.54, 1.807) is 0 Å². The van der Waals surface area contributed by atoms with E-state index < -0.39 is 0 Å². The summed E-state index contributed by atoms with van der Waals surface area (Å²) in [5, 5.41) is 14.8. The first kappa shape index (κ1) is 15.6. The summed E-state index contributed by atoms with van der Waals surface area (Å²) in [6.45, 7) is 3.65. The molecule has 23 heavy (non-hydrogen) atoms. The molecule has 9 heteroatoms. The Kier molecular flexibility index (Phi) is 4.94. The number of rotatable bonds is 6. The van der Waals surface area contributed by atoms with Gasteiger partial charge in [0.05, 0.1) is 5.92 Å². The van der Waals surface area contributed by atoms with E-state index in [0.717, 1.165) is 44.5 Å². The second-order valence-corrected chi connectivity index (χ2v) is 5.84. The summed E-state index contributed by atoms with van der Waals surface area (Å²) in [6, 6.07) is 0. The van der Waals surface area contributed by atoms with Gasteiger partial charge in [-0.1, -0.05) is 18.5 Å². The molecule has 0 saturated carbocycles. The number of aromatic nitrogens is 6. The fourth-order valence-corrected chi connectivity index (χ4v) is 2.77. The van der Waals surface area contributed by atoms with Crippen molar-refractivity contribution in [2.24, 2.45) is 0 Å². The van der Waals surface area contributed by atoms with Crippen molar-refractivity contribution >= 4 is 5.91 Å². The predicted octanol–water partition coefficient (Wildman–Crippen LogP) is 0.805. The van der Waals surface area contributed by atoms with E-state index in [9.17, 15) is 4.79 Å². The zero-order chi connectivity index (χ0) is 16.1.